The number of hydrogen-bond donors (Lipinski definition) is 1. The topological polar surface area (TPSA) is 55.4 Å². The van der Waals surface area contributed by atoms with Gasteiger partial charge in [-0.2, -0.15) is 0 Å². The molecule has 0 fully saturated rings. The van der Waals surface area contributed by atoms with Crippen molar-refractivity contribution in [1.29, 1.82) is 0 Å². The highest BCUT2D eigenvalue weighted by atomic mass is 19.1. The molecule has 0 radical (unpaired) electrons. The zero-order valence-corrected chi connectivity index (χ0v) is 15.5. The summed E-state index contributed by atoms with van der Waals surface area (Å²) in [6, 6.07) is 12.2. The summed E-state index contributed by atoms with van der Waals surface area (Å²) in [5.41, 5.74) is 2.30. The van der Waals surface area contributed by atoms with Gasteiger partial charge in [-0.05, 0) is 40.8 Å². The van der Waals surface area contributed by atoms with Gasteiger partial charge in [-0.3, -0.25) is 4.79 Å². The molecule has 0 saturated carbocycles. The van der Waals surface area contributed by atoms with Crippen LogP contribution in [0.25, 0.3) is 0 Å². The smallest absolute Gasteiger partial charge is 0.328 e. The van der Waals surface area contributed by atoms with Crippen LogP contribution >= 0.6 is 0 Å². The third-order valence-electron chi connectivity index (χ3n) is 4.16. The summed E-state index contributed by atoms with van der Waals surface area (Å²) in [7, 11) is 1.27. The Morgan fingerprint density at radius 3 is 2.12 bits per heavy atom. The lowest BCUT2D eigenvalue weighted by Crippen LogP contribution is -2.43. The highest BCUT2D eigenvalue weighted by molar-refractivity contribution is 5.96. The molecule has 0 saturated heterocycles. The molecule has 0 bridgehead atoms. The third-order valence-corrected chi connectivity index (χ3v) is 4.16. The molecule has 0 aromatic heterocycles. The standard InChI is InChI=1S/C21H24FNO3/c1-21(2,3)16-9-7-15(8-10-16)19(24)23-18(20(25)26-4)13-14-5-11-17(22)12-6-14/h5-12,18H,13H2,1-4H3,(H,23,24)/t18-/m0/s1. The van der Waals surface area contributed by atoms with Gasteiger partial charge in [0.15, 0.2) is 0 Å². The summed E-state index contributed by atoms with van der Waals surface area (Å²) < 4.78 is 17.8. The molecule has 1 N–H and O–H groups in total. The van der Waals surface area contributed by atoms with Gasteiger partial charge in [0.25, 0.3) is 5.91 Å². The Bertz CT molecular complexity index is 761. The molecular formula is C21H24FNO3. The molecule has 26 heavy (non-hydrogen) atoms. The van der Waals surface area contributed by atoms with E-state index in [2.05, 4.69) is 26.1 Å². The minimum atomic E-state index is -0.847. The number of carbonyl (C=O) groups is 2. The van der Waals surface area contributed by atoms with Crippen molar-refractivity contribution in [3.63, 3.8) is 0 Å². The molecule has 4 nitrogen and oxygen atoms in total. The number of hydrogen-bond acceptors (Lipinski definition) is 3. The Balaban J connectivity index is 2.13. The molecule has 0 unspecified atom stereocenters. The van der Waals surface area contributed by atoms with Crippen LogP contribution in [-0.4, -0.2) is 25.0 Å². The van der Waals surface area contributed by atoms with Gasteiger partial charge in [0.1, 0.15) is 11.9 Å². The molecule has 5 heteroatoms. The number of esters is 1. The van der Waals surface area contributed by atoms with E-state index in [1.807, 2.05) is 12.1 Å². The largest absolute Gasteiger partial charge is 0.467 e. The van der Waals surface area contributed by atoms with Crippen LogP contribution < -0.4 is 5.32 Å². The Hall–Kier alpha value is -2.69. The second-order valence-corrected chi connectivity index (χ2v) is 7.21. The fourth-order valence-corrected chi connectivity index (χ4v) is 2.55. The van der Waals surface area contributed by atoms with E-state index in [1.54, 1.807) is 24.3 Å². The zero-order chi connectivity index (χ0) is 19.3. The van der Waals surface area contributed by atoms with Crippen LogP contribution in [0.15, 0.2) is 48.5 Å². The molecule has 0 aliphatic carbocycles. The van der Waals surface area contributed by atoms with Crippen molar-refractivity contribution < 1.29 is 18.7 Å². The molecule has 138 valence electrons. The number of benzene rings is 2. The second-order valence-electron chi connectivity index (χ2n) is 7.21. The molecule has 2 aromatic rings. The number of nitrogens with one attached hydrogen (secondary N) is 1. The van der Waals surface area contributed by atoms with Crippen LogP contribution in [0.4, 0.5) is 4.39 Å². The van der Waals surface area contributed by atoms with E-state index in [0.717, 1.165) is 11.1 Å². The SMILES string of the molecule is COC(=O)[C@H](Cc1ccc(F)cc1)NC(=O)c1ccc(C(C)(C)C)cc1. The van der Waals surface area contributed by atoms with E-state index in [-0.39, 0.29) is 23.6 Å². The third kappa shape index (κ3) is 5.15. The Kier molecular flexibility index (Phi) is 6.14. The Morgan fingerprint density at radius 1 is 1.04 bits per heavy atom. The predicted molar refractivity (Wildman–Crippen MR) is 98.5 cm³/mol. The first kappa shape index (κ1) is 19.6. The first-order valence-electron chi connectivity index (χ1n) is 8.44. The monoisotopic (exact) mass is 357 g/mol. The summed E-state index contributed by atoms with van der Waals surface area (Å²) in [6.07, 6.45) is 0.221. The lowest BCUT2D eigenvalue weighted by atomic mass is 9.86. The summed E-state index contributed by atoms with van der Waals surface area (Å²) in [4.78, 5) is 24.5. The van der Waals surface area contributed by atoms with Crippen LogP contribution in [0, 0.1) is 5.82 Å². The fourth-order valence-electron chi connectivity index (χ4n) is 2.55. The van der Waals surface area contributed by atoms with Gasteiger partial charge >= 0.3 is 5.97 Å². The van der Waals surface area contributed by atoms with Crippen LogP contribution in [-0.2, 0) is 21.4 Å². The number of ether oxygens (including phenoxy) is 1. The van der Waals surface area contributed by atoms with Gasteiger partial charge in [0.05, 0.1) is 7.11 Å². The highest BCUT2D eigenvalue weighted by Crippen LogP contribution is 2.22. The maximum absolute atomic E-state index is 13.0. The summed E-state index contributed by atoms with van der Waals surface area (Å²) in [5.74, 6) is -1.26. The molecule has 0 aliphatic rings. The van der Waals surface area contributed by atoms with Crippen molar-refractivity contribution in [1.82, 2.24) is 5.32 Å². The predicted octanol–water partition coefficient (Wildman–Crippen LogP) is 3.64. The van der Waals surface area contributed by atoms with Gasteiger partial charge in [-0.25, -0.2) is 9.18 Å². The number of methoxy groups -OCH3 is 1. The molecule has 2 rings (SSSR count). The first-order valence-corrected chi connectivity index (χ1v) is 8.44. The van der Waals surface area contributed by atoms with Crippen molar-refractivity contribution in [2.24, 2.45) is 0 Å². The van der Waals surface area contributed by atoms with Gasteiger partial charge in [0, 0.05) is 12.0 Å². The fraction of sp³-hybridized carbons (Fsp3) is 0.333. The van der Waals surface area contributed by atoms with Gasteiger partial charge in [-0.1, -0.05) is 45.0 Å². The summed E-state index contributed by atoms with van der Waals surface area (Å²) in [5, 5.41) is 2.70. The van der Waals surface area contributed by atoms with E-state index in [1.165, 1.54) is 19.2 Å². The van der Waals surface area contributed by atoms with Gasteiger partial charge < -0.3 is 10.1 Å². The quantitative estimate of drug-likeness (QED) is 0.831. The van der Waals surface area contributed by atoms with Gasteiger partial charge in [-0.15, -0.1) is 0 Å². The van der Waals surface area contributed by atoms with Crippen molar-refractivity contribution in [3.8, 4) is 0 Å². The van der Waals surface area contributed by atoms with E-state index in [9.17, 15) is 14.0 Å². The Labute approximate surface area is 153 Å². The minimum Gasteiger partial charge on any atom is -0.467 e. The summed E-state index contributed by atoms with van der Waals surface area (Å²) in [6.45, 7) is 6.29. The molecule has 0 aliphatic heterocycles. The van der Waals surface area contributed by atoms with Crippen molar-refractivity contribution in [3.05, 3.63) is 71.0 Å². The Morgan fingerprint density at radius 2 is 1.62 bits per heavy atom. The van der Waals surface area contributed by atoms with Crippen LogP contribution in [0.2, 0.25) is 0 Å². The molecule has 0 spiro atoms. The average molecular weight is 357 g/mol. The zero-order valence-electron chi connectivity index (χ0n) is 15.5. The van der Waals surface area contributed by atoms with E-state index >= 15 is 0 Å². The van der Waals surface area contributed by atoms with Gasteiger partial charge in [0.2, 0.25) is 0 Å². The second kappa shape index (κ2) is 8.13. The number of rotatable bonds is 5. The number of halogens is 1. The molecule has 1 atom stereocenters. The van der Waals surface area contributed by atoms with Crippen molar-refractivity contribution in [2.75, 3.05) is 7.11 Å². The highest BCUT2D eigenvalue weighted by Gasteiger charge is 2.23. The van der Waals surface area contributed by atoms with E-state index < -0.39 is 12.0 Å². The minimum absolute atomic E-state index is 0.00780. The lowest BCUT2D eigenvalue weighted by Gasteiger charge is -2.20. The first-order chi connectivity index (χ1) is 12.2. The van der Waals surface area contributed by atoms with Crippen molar-refractivity contribution >= 4 is 11.9 Å². The lowest BCUT2D eigenvalue weighted by molar-refractivity contribution is -0.142. The molecule has 1 amide bonds. The normalized spacial score (nSPS) is 12.3. The summed E-state index contributed by atoms with van der Waals surface area (Å²) >= 11 is 0. The molecule has 2 aromatic carbocycles. The maximum atomic E-state index is 13.0. The molecule has 0 heterocycles. The maximum Gasteiger partial charge on any atom is 0.328 e. The van der Waals surface area contributed by atoms with Crippen LogP contribution in [0.5, 0.6) is 0 Å². The van der Waals surface area contributed by atoms with Crippen LogP contribution in [0.1, 0.15) is 42.3 Å². The van der Waals surface area contributed by atoms with E-state index in [0.29, 0.717) is 5.56 Å². The average Bonchev–Trinajstić information content (AvgIpc) is 2.61. The molecular weight excluding hydrogens is 333 g/mol. The van der Waals surface area contributed by atoms with Crippen molar-refractivity contribution in [2.45, 2.75) is 38.6 Å². The number of amides is 1. The number of carbonyl (C=O) groups excluding carboxylic acids is 2. The van der Waals surface area contributed by atoms with Crippen LogP contribution in [0.3, 0.4) is 0 Å². The van der Waals surface area contributed by atoms with E-state index in [4.69, 9.17) is 4.74 Å².